The van der Waals surface area contributed by atoms with Crippen molar-refractivity contribution in [2.24, 2.45) is 0 Å². The molecule has 0 radical (unpaired) electrons. The predicted molar refractivity (Wildman–Crippen MR) is 76.4 cm³/mol. The second kappa shape index (κ2) is 5.22. The lowest BCUT2D eigenvalue weighted by molar-refractivity contribution is 0.0944. The van der Waals surface area contributed by atoms with Crippen LogP contribution in [0.15, 0.2) is 41.3 Å². The first-order valence-corrected chi connectivity index (χ1v) is 7.54. The number of nitrogens with one attached hydrogen (secondary N) is 1. The van der Waals surface area contributed by atoms with Crippen LogP contribution in [-0.4, -0.2) is 24.9 Å². The monoisotopic (exact) mass is 293 g/mol. The van der Waals surface area contributed by atoms with Crippen molar-refractivity contribution in [3.63, 3.8) is 0 Å². The van der Waals surface area contributed by atoms with Crippen molar-refractivity contribution in [3.8, 4) is 0 Å². The summed E-state index contributed by atoms with van der Waals surface area (Å²) in [5.74, 6) is -0.280. The maximum Gasteiger partial charge on any atom is 0.294 e. The highest BCUT2D eigenvalue weighted by atomic mass is 32.2. The largest absolute Gasteiger partial charge is 0.350 e. The smallest absolute Gasteiger partial charge is 0.294 e. The van der Waals surface area contributed by atoms with Gasteiger partial charge in [-0.25, -0.2) is 0 Å². The third-order valence-electron chi connectivity index (χ3n) is 2.82. The van der Waals surface area contributed by atoms with Crippen LogP contribution < -0.4 is 5.32 Å². The van der Waals surface area contributed by atoms with Crippen LogP contribution in [0.25, 0.3) is 10.8 Å². The highest BCUT2D eigenvalue weighted by molar-refractivity contribution is 7.85. The minimum absolute atomic E-state index is 0.0255. The van der Waals surface area contributed by atoms with Crippen molar-refractivity contribution >= 4 is 26.8 Å². The Kier molecular flexibility index (Phi) is 3.78. The lowest BCUT2D eigenvalue weighted by Gasteiger charge is -2.11. The molecule has 2 rings (SSSR count). The predicted octanol–water partition coefficient (Wildman–Crippen LogP) is 2.22. The average Bonchev–Trinajstić information content (AvgIpc) is 2.35. The van der Waals surface area contributed by atoms with E-state index in [-0.39, 0.29) is 16.8 Å². The minimum atomic E-state index is -4.29. The van der Waals surface area contributed by atoms with Crippen LogP contribution in [0, 0.1) is 0 Å². The molecular weight excluding hydrogens is 278 g/mol. The molecular formula is C14H15NO4S. The van der Waals surface area contributed by atoms with E-state index >= 15 is 0 Å². The zero-order chi connectivity index (χ0) is 14.9. The first-order chi connectivity index (χ1) is 9.29. The van der Waals surface area contributed by atoms with Crippen molar-refractivity contribution in [2.75, 3.05) is 0 Å². The van der Waals surface area contributed by atoms with Gasteiger partial charge in [-0.3, -0.25) is 9.35 Å². The van der Waals surface area contributed by atoms with E-state index in [1.165, 1.54) is 12.1 Å². The lowest BCUT2D eigenvalue weighted by Crippen LogP contribution is -2.30. The Morgan fingerprint density at radius 3 is 2.50 bits per heavy atom. The fourth-order valence-electron chi connectivity index (χ4n) is 1.95. The van der Waals surface area contributed by atoms with E-state index in [9.17, 15) is 13.2 Å². The van der Waals surface area contributed by atoms with E-state index in [1.54, 1.807) is 24.3 Å². The van der Waals surface area contributed by atoms with Crippen LogP contribution in [0.2, 0.25) is 0 Å². The quantitative estimate of drug-likeness (QED) is 0.850. The van der Waals surface area contributed by atoms with Crippen molar-refractivity contribution in [1.29, 1.82) is 0 Å². The fraction of sp³-hybridized carbons (Fsp3) is 0.214. The van der Waals surface area contributed by atoms with Gasteiger partial charge in [-0.1, -0.05) is 18.2 Å². The number of fused-ring (bicyclic) bond motifs is 1. The van der Waals surface area contributed by atoms with Crippen molar-refractivity contribution in [2.45, 2.75) is 24.8 Å². The van der Waals surface area contributed by atoms with Gasteiger partial charge in [-0.05, 0) is 42.8 Å². The molecule has 0 heterocycles. The molecule has 0 aliphatic carbocycles. The normalized spacial score (nSPS) is 11.8. The third kappa shape index (κ3) is 2.97. The SMILES string of the molecule is CC(C)NC(=O)c1cccc2ccc(S(=O)(=O)O)cc12. The Morgan fingerprint density at radius 1 is 1.20 bits per heavy atom. The lowest BCUT2D eigenvalue weighted by atomic mass is 10.0. The zero-order valence-corrected chi connectivity index (χ0v) is 11.9. The summed E-state index contributed by atoms with van der Waals surface area (Å²) >= 11 is 0. The molecule has 0 atom stereocenters. The van der Waals surface area contributed by atoms with Gasteiger partial charge in [0.05, 0.1) is 4.90 Å². The second-order valence-electron chi connectivity index (χ2n) is 4.79. The summed E-state index contributed by atoms with van der Waals surface area (Å²) in [5.41, 5.74) is 0.377. The Labute approximate surface area is 117 Å². The Bertz CT molecular complexity index is 766. The number of rotatable bonds is 3. The van der Waals surface area contributed by atoms with E-state index in [0.29, 0.717) is 10.9 Å². The van der Waals surface area contributed by atoms with Gasteiger partial charge in [0, 0.05) is 11.6 Å². The molecule has 0 aliphatic heterocycles. The highest BCUT2D eigenvalue weighted by Crippen LogP contribution is 2.22. The molecule has 20 heavy (non-hydrogen) atoms. The number of carbonyl (C=O) groups excluding carboxylic acids is 1. The van der Waals surface area contributed by atoms with Crippen LogP contribution in [0.5, 0.6) is 0 Å². The molecule has 0 aromatic heterocycles. The zero-order valence-electron chi connectivity index (χ0n) is 11.1. The Balaban J connectivity index is 2.63. The summed E-state index contributed by atoms with van der Waals surface area (Å²) in [4.78, 5) is 11.9. The average molecular weight is 293 g/mol. The van der Waals surface area contributed by atoms with Gasteiger partial charge in [0.25, 0.3) is 16.0 Å². The maximum atomic E-state index is 12.1. The van der Waals surface area contributed by atoms with E-state index < -0.39 is 10.1 Å². The first kappa shape index (κ1) is 14.5. The molecule has 2 aromatic carbocycles. The standard InChI is InChI=1S/C14H15NO4S/c1-9(2)15-14(16)12-5-3-4-10-6-7-11(8-13(10)12)20(17,18)19/h3-9H,1-2H3,(H,15,16)(H,17,18,19). The van der Waals surface area contributed by atoms with Gasteiger partial charge in [-0.2, -0.15) is 8.42 Å². The number of amides is 1. The number of benzene rings is 2. The van der Waals surface area contributed by atoms with Crippen molar-refractivity contribution in [1.82, 2.24) is 5.32 Å². The van der Waals surface area contributed by atoms with E-state index in [0.717, 1.165) is 5.39 Å². The van der Waals surface area contributed by atoms with Gasteiger partial charge in [0.1, 0.15) is 0 Å². The topological polar surface area (TPSA) is 83.5 Å². The highest BCUT2D eigenvalue weighted by Gasteiger charge is 2.14. The molecule has 0 spiro atoms. The van der Waals surface area contributed by atoms with E-state index in [4.69, 9.17) is 4.55 Å². The van der Waals surface area contributed by atoms with Crippen molar-refractivity contribution in [3.05, 3.63) is 42.0 Å². The van der Waals surface area contributed by atoms with Crippen LogP contribution in [0.3, 0.4) is 0 Å². The summed E-state index contributed by atoms with van der Waals surface area (Å²) in [5, 5.41) is 3.98. The van der Waals surface area contributed by atoms with Gasteiger partial charge in [-0.15, -0.1) is 0 Å². The number of carbonyl (C=O) groups is 1. The third-order valence-corrected chi connectivity index (χ3v) is 3.67. The van der Waals surface area contributed by atoms with Gasteiger partial charge >= 0.3 is 0 Å². The van der Waals surface area contributed by atoms with Crippen LogP contribution >= 0.6 is 0 Å². The Hall–Kier alpha value is -1.92. The molecule has 2 aromatic rings. The fourth-order valence-corrected chi connectivity index (χ4v) is 2.46. The molecule has 0 fully saturated rings. The minimum Gasteiger partial charge on any atom is -0.350 e. The molecule has 0 aliphatic rings. The summed E-state index contributed by atoms with van der Waals surface area (Å²) in [6, 6.07) is 9.27. The van der Waals surface area contributed by atoms with Crippen LogP contribution in [0.1, 0.15) is 24.2 Å². The second-order valence-corrected chi connectivity index (χ2v) is 6.21. The molecule has 106 valence electrons. The molecule has 6 heteroatoms. The van der Waals surface area contributed by atoms with Gasteiger partial charge < -0.3 is 5.32 Å². The molecule has 0 unspecified atom stereocenters. The van der Waals surface area contributed by atoms with E-state index in [2.05, 4.69) is 5.32 Å². The van der Waals surface area contributed by atoms with Gasteiger partial charge in [0.15, 0.2) is 0 Å². The summed E-state index contributed by atoms with van der Waals surface area (Å²) < 4.78 is 31.5. The molecule has 5 nitrogen and oxygen atoms in total. The summed E-state index contributed by atoms with van der Waals surface area (Å²) in [6.45, 7) is 3.68. The molecule has 1 amide bonds. The molecule has 2 N–H and O–H groups in total. The first-order valence-electron chi connectivity index (χ1n) is 6.10. The summed E-state index contributed by atoms with van der Waals surface area (Å²) in [7, 11) is -4.29. The van der Waals surface area contributed by atoms with E-state index in [1.807, 2.05) is 13.8 Å². The number of hydrogen-bond donors (Lipinski definition) is 2. The molecule has 0 bridgehead atoms. The van der Waals surface area contributed by atoms with Crippen LogP contribution in [0.4, 0.5) is 0 Å². The Morgan fingerprint density at radius 2 is 1.90 bits per heavy atom. The molecule has 0 saturated carbocycles. The van der Waals surface area contributed by atoms with Crippen molar-refractivity contribution < 1.29 is 17.8 Å². The summed E-state index contributed by atoms with van der Waals surface area (Å²) in [6.07, 6.45) is 0. The number of hydrogen-bond acceptors (Lipinski definition) is 3. The molecule has 0 saturated heterocycles. The van der Waals surface area contributed by atoms with Gasteiger partial charge in [0.2, 0.25) is 0 Å². The maximum absolute atomic E-state index is 12.1. The van der Waals surface area contributed by atoms with Crippen LogP contribution in [-0.2, 0) is 10.1 Å².